The fraction of sp³-hybridized carbons (Fsp3) is 0.714. The summed E-state index contributed by atoms with van der Waals surface area (Å²) < 4.78 is 28.3. The number of nitrogens with one attached hydrogen (secondary N) is 3. The third-order valence-corrected chi connectivity index (χ3v) is 9.17. The van der Waals surface area contributed by atoms with Gasteiger partial charge in [-0.15, -0.1) is 11.8 Å². The molecule has 3 aliphatic heterocycles. The van der Waals surface area contributed by atoms with Gasteiger partial charge in [0, 0.05) is 25.1 Å². The standard InChI is InChI=1S/C17H27N3O6S.C4H5NO6S/c21-12(22)6-2-1-5-9-18-15(25)17(8-4-3-7-13(23)24)14-11(10-27-17)19-16(26)20-14;6-3-1-2(12(9,10)11)4(7)5(3)8/h11,14H,1-10H2,(H,18,25)(H,21,22)(H,23,24)(H2,19,20,26);2,8H,1H2,(H,9,10,11)/t11-,14-,17-;/m0./s1. The van der Waals surface area contributed by atoms with Crippen LogP contribution in [0.15, 0.2) is 0 Å². The van der Waals surface area contributed by atoms with E-state index in [4.69, 9.17) is 20.0 Å². The number of rotatable bonds is 13. The first-order chi connectivity index (χ1) is 18.2. The van der Waals surface area contributed by atoms with Crippen LogP contribution in [0.25, 0.3) is 0 Å². The van der Waals surface area contributed by atoms with Crippen LogP contribution in [0, 0.1) is 0 Å². The number of carboxylic acid groups (broad SMARTS) is 2. The molecule has 0 saturated carbocycles. The summed E-state index contributed by atoms with van der Waals surface area (Å²) in [6, 6.07) is -0.697. The van der Waals surface area contributed by atoms with Gasteiger partial charge in [-0.2, -0.15) is 13.5 Å². The predicted octanol–water partition coefficient (Wildman–Crippen LogP) is -0.681. The van der Waals surface area contributed by atoms with Gasteiger partial charge in [0.2, 0.25) is 5.91 Å². The second-order valence-corrected chi connectivity index (χ2v) is 12.2. The van der Waals surface area contributed by atoms with Gasteiger partial charge in [0.1, 0.15) is 4.75 Å². The smallest absolute Gasteiger partial charge is 0.315 e. The van der Waals surface area contributed by atoms with Gasteiger partial charge in [-0.1, -0.05) is 12.8 Å². The summed E-state index contributed by atoms with van der Waals surface area (Å²) in [5, 5.41) is 32.4. The molecule has 5 amide bonds. The summed E-state index contributed by atoms with van der Waals surface area (Å²) in [4.78, 5) is 67.1. The number of fused-ring (bicyclic) bond motifs is 1. The van der Waals surface area contributed by atoms with Crippen LogP contribution >= 0.6 is 11.8 Å². The lowest BCUT2D eigenvalue weighted by molar-refractivity contribution is -0.171. The number of hydrogen-bond donors (Lipinski definition) is 7. The van der Waals surface area contributed by atoms with Gasteiger partial charge in [-0.05, 0) is 25.7 Å². The van der Waals surface area contributed by atoms with E-state index in [0.717, 1.165) is 6.42 Å². The highest BCUT2D eigenvalue weighted by Gasteiger charge is 2.57. The van der Waals surface area contributed by atoms with Gasteiger partial charge in [-0.3, -0.25) is 33.7 Å². The van der Waals surface area contributed by atoms with Crippen molar-refractivity contribution in [2.45, 2.75) is 79.9 Å². The second-order valence-electron chi connectivity index (χ2n) is 9.22. The van der Waals surface area contributed by atoms with Crippen LogP contribution < -0.4 is 16.0 Å². The second kappa shape index (κ2) is 13.9. The van der Waals surface area contributed by atoms with E-state index in [0.29, 0.717) is 44.4 Å². The maximum Gasteiger partial charge on any atom is 0.315 e. The lowest BCUT2D eigenvalue weighted by Gasteiger charge is -2.32. The van der Waals surface area contributed by atoms with Crippen molar-refractivity contribution in [2.75, 3.05) is 12.3 Å². The van der Waals surface area contributed by atoms with Crippen LogP contribution in [0.1, 0.15) is 57.8 Å². The fourth-order valence-electron chi connectivity index (χ4n) is 4.41. The number of carbonyl (C=O) groups excluding carboxylic acids is 4. The Bertz CT molecular complexity index is 1080. The predicted molar refractivity (Wildman–Crippen MR) is 133 cm³/mol. The van der Waals surface area contributed by atoms with Crippen molar-refractivity contribution in [1.82, 2.24) is 21.0 Å². The Labute approximate surface area is 227 Å². The minimum Gasteiger partial charge on any atom is -0.481 e. The van der Waals surface area contributed by atoms with Gasteiger partial charge < -0.3 is 26.2 Å². The average molecular weight is 597 g/mol. The molecule has 7 N–H and O–H groups in total. The van der Waals surface area contributed by atoms with Crippen LogP contribution in [-0.4, -0.2) is 104 Å². The topological polar surface area (TPSA) is 257 Å². The molecule has 0 radical (unpaired) electrons. The number of nitrogens with zero attached hydrogens (tertiary/aromatic N) is 1. The number of hydroxylamine groups is 2. The van der Waals surface area contributed by atoms with Crippen molar-refractivity contribution in [3.05, 3.63) is 0 Å². The first kappa shape index (κ1) is 32.3. The van der Waals surface area contributed by atoms with Crippen LogP contribution in [0.4, 0.5) is 4.79 Å². The quantitative estimate of drug-likeness (QED) is 0.0458. The van der Waals surface area contributed by atoms with Gasteiger partial charge in [0.15, 0.2) is 5.25 Å². The van der Waals surface area contributed by atoms with Gasteiger partial charge in [0.25, 0.3) is 21.9 Å². The Morgan fingerprint density at radius 2 is 1.62 bits per heavy atom. The highest BCUT2D eigenvalue weighted by molar-refractivity contribution is 8.01. The fourth-order valence-corrected chi connectivity index (χ4v) is 6.76. The van der Waals surface area contributed by atoms with E-state index in [2.05, 4.69) is 16.0 Å². The molecule has 0 aromatic rings. The summed E-state index contributed by atoms with van der Waals surface area (Å²) >= 11 is 1.51. The summed E-state index contributed by atoms with van der Waals surface area (Å²) in [6.07, 6.45) is 3.03. The van der Waals surface area contributed by atoms with Crippen molar-refractivity contribution in [3.63, 3.8) is 0 Å². The molecule has 4 atom stereocenters. The summed E-state index contributed by atoms with van der Waals surface area (Å²) in [7, 11) is -4.59. The lowest BCUT2D eigenvalue weighted by Crippen LogP contribution is -2.56. The van der Waals surface area contributed by atoms with Crippen molar-refractivity contribution >= 4 is 57.6 Å². The zero-order valence-electron chi connectivity index (χ0n) is 20.8. The maximum atomic E-state index is 13.0. The summed E-state index contributed by atoms with van der Waals surface area (Å²) in [5.74, 6) is -3.54. The SMILES string of the molecule is O=C(O)CCCCCNC(=O)[C@@]1(CCCCC(=O)O)SC[C@@H]2NC(=O)N[C@@H]21.O=C1CC(S(=O)(=O)O)C(=O)N1O. The number of imide groups is 1. The van der Waals surface area contributed by atoms with Crippen LogP contribution in [-0.2, 0) is 34.1 Å². The number of carboxylic acids is 2. The molecule has 3 heterocycles. The first-order valence-corrected chi connectivity index (χ1v) is 14.6. The van der Waals surface area contributed by atoms with E-state index in [1.165, 1.54) is 11.8 Å². The van der Waals surface area contributed by atoms with E-state index in [-0.39, 0.29) is 41.9 Å². The molecule has 1 unspecified atom stereocenters. The normalized spacial score (nSPS) is 25.8. The molecule has 0 aliphatic carbocycles. The zero-order valence-corrected chi connectivity index (χ0v) is 22.5. The molecule has 3 saturated heterocycles. The zero-order chi connectivity index (χ0) is 29.4. The molecule has 3 aliphatic rings. The molecule has 0 aromatic heterocycles. The molecule has 0 spiro atoms. The highest BCUT2D eigenvalue weighted by Crippen LogP contribution is 2.44. The van der Waals surface area contributed by atoms with E-state index in [1.54, 1.807) is 0 Å². The molecule has 220 valence electrons. The lowest BCUT2D eigenvalue weighted by atomic mass is 9.88. The number of aliphatic carboxylic acids is 2. The number of carbonyl (C=O) groups is 6. The molecular weight excluding hydrogens is 564 g/mol. The third-order valence-electron chi connectivity index (χ3n) is 6.39. The minimum atomic E-state index is -4.59. The van der Waals surface area contributed by atoms with Crippen LogP contribution in [0.2, 0.25) is 0 Å². The molecular formula is C21H32N4O12S2. The molecule has 39 heavy (non-hydrogen) atoms. The van der Waals surface area contributed by atoms with Gasteiger partial charge >= 0.3 is 18.0 Å². The van der Waals surface area contributed by atoms with E-state index in [9.17, 15) is 37.2 Å². The number of hydrogen-bond acceptors (Lipinski definition) is 10. The molecule has 0 aromatic carbocycles. The van der Waals surface area contributed by atoms with Gasteiger partial charge in [-0.25, -0.2) is 4.79 Å². The largest absolute Gasteiger partial charge is 0.481 e. The maximum absolute atomic E-state index is 13.0. The Morgan fingerprint density at radius 3 is 2.13 bits per heavy atom. The number of urea groups is 1. The van der Waals surface area contributed by atoms with Crippen LogP contribution in [0.3, 0.4) is 0 Å². The van der Waals surface area contributed by atoms with E-state index in [1.807, 2.05) is 0 Å². The molecule has 3 fully saturated rings. The Kier molecular flexibility index (Phi) is 11.5. The molecule has 3 rings (SSSR count). The average Bonchev–Trinajstić information content (AvgIpc) is 3.46. The Morgan fingerprint density at radius 1 is 1.00 bits per heavy atom. The summed E-state index contributed by atoms with van der Waals surface area (Å²) in [5.41, 5.74) is 0. The van der Waals surface area contributed by atoms with Crippen molar-refractivity contribution in [2.24, 2.45) is 0 Å². The number of amides is 5. The number of unbranched alkanes of at least 4 members (excludes halogenated alkanes) is 3. The van der Waals surface area contributed by atoms with E-state index < -0.39 is 50.3 Å². The van der Waals surface area contributed by atoms with Crippen molar-refractivity contribution in [1.29, 1.82) is 0 Å². The minimum absolute atomic E-state index is 0.0602. The first-order valence-electron chi connectivity index (χ1n) is 12.1. The Hall–Kier alpha value is -2.96. The monoisotopic (exact) mass is 596 g/mol. The molecule has 18 heteroatoms. The van der Waals surface area contributed by atoms with Crippen molar-refractivity contribution in [3.8, 4) is 0 Å². The third kappa shape index (κ3) is 8.77. The van der Waals surface area contributed by atoms with E-state index >= 15 is 0 Å². The number of thioether (sulfide) groups is 1. The van der Waals surface area contributed by atoms with Gasteiger partial charge in [0.05, 0.1) is 18.5 Å². The molecule has 16 nitrogen and oxygen atoms in total. The summed E-state index contributed by atoms with van der Waals surface area (Å²) in [6.45, 7) is 0.453. The Balaban J connectivity index is 0.000000370. The van der Waals surface area contributed by atoms with Crippen LogP contribution in [0.5, 0.6) is 0 Å². The highest BCUT2D eigenvalue weighted by atomic mass is 32.2. The molecule has 0 bridgehead atoms. The van der Waals surface area contributed by atoms with Crippen molar-refractivity contribution < 1.29 is 57.2 Å².